The summed E-state index contributed by atoms with van der Waals surface area (Å²) in [5, 5.41) is 11.3. The Balaban J connectivity index is 4.13. The van der Waals surface area contributed by atoms with E-state index >= 15 is 0 Å². The van der Waals surface area contributed by atoms with Gasteiger partial charge in [-0.1, -0.05) is 13.8 Å². The van der Waals surface area contributed by atoms with Crippen LogP contribution in [0, 0.1) is 5.92 Å². The van der Waals surface area contributed by atoms with Crippen molar-refractivity contribution in [3.05, 3.63) is 0 Å². The van der Waals surface area contributed by atoms with Crippen LogP contribution in [0.2, 0.25) is 0 Å². The SMILES string of the molecule is COC(=O)C(CC(C)C)NC(=O)CCCCO. The van der Waals surface area contributed by atoms with Crippen LogP contribution in [0.1, 0.15) is 39.5 Å². The molecule has 1 unspecified atom stereocenters. The molecule has 5 heteroatoms. The molecule has 5 nitrogen and oxygen atoms in total. The normalized spacial score (nSPS) is 12.3. The summed E-state index contributed by atoms with van der Waals surface area (Å²) in [4.78, 5) is 23.0. The number of ether oxygens (including phenoxy) is 1. The van der Waals surface area contributed by atoms with Crippen LogP contribution in [-0.4, -0.2) is 36.7 Å². The number of aliphatic hydroxyl groups excluding tert-OH is 1. The smallest absolute Gasteiger partial charge is 0.328 e. The predicted molar refractivity (Wildman–Crippen MR) is 64.3 cm³/mol. The maximum absolute atomic E-state index is 11.5. The lowest BCUT2D eigenvalue weighted by molar-refractivity contribution is -0.145. The molecule has 0 heterocycles. The maximum atomic E-state index is 11.5. The molecular formula is C12H23NO4. The number of amides is 1. The monoisotopic (exact) mass is 245 g/mol. The first kappa shape index (κ1) is 15.9. The third-order valence-electron chi connectivity index (χ3n) is 2.34. The van der Waals surface area contributed by atoms with E-state index in [0.29, 0.717) is 31.6 Å². The van der Waals surface area contributed by atoms with Crippen molar-refractivity contribution in [3.63, 3.8) is 0 Å². The van der Waals surface area contributed by atoms with E-state index in [9.17, 15) is 9.59 Å². The molecule has 0 saturated heterocycles. The minimum absolute atomic E-state index is 0.0830. The Morgan fingerprint density at radius 1 is 1.29 bits per heavy atom. The molecule has 0 rings (SSSR count). The van der Waals surface area contributed by atoms with E-state index in [2.05, 4.69) is 10.1 Å². The topological polar surface area (TPSA) is 75.6 Å². The third-order valence-corrected chi connectivity index (χ3v) is 2.34. The molecule has 0 spiro atoms. The van der Waals surface area contributed by atoms with Crippen molar-refractivity contribution in [2.24, 2.45) is 5.92 Å². The summed E-state index contributed by atoms with van der Waals surface area (Å²) in [5.41, 5.74) is 0. The lowest BCUT2D eigenvalue weighted by Gasteiger charge is -2.18. The average Bonchev–Trinajstić information content (AvgIpc) is 2.27. The Bertz CT molecular complexity index is 241. The first-order valence-corrected chi connectivity index (χ1v) is 5.99. The van der Waals surface area contributed by atoms with Crippen LogP contribution in [0.5, 0.6) is 0 Å². The third kappa shape index (κ3) is 7.74. The Labute approximate surface area is 103 Å². The van der Waals surface area contributed by atoms with Gasteiger partial charge in [-0.05, 0) is 25.2 Å². The molecule has 17 heavy (non-hydrogen) atoms. The van der Waals surface area contributed by atoms with Crippen molar-refractivity contribution in [2.75, 3.05) is 13.7 Å². The fourth-order valence-corrected chi connectivity index (χ4v) is 1.49. The molecule has 0 aliphatic carbocycles. The van der Waals surface area contributed by atoms with Gasteiger partial charge in [-0.15, -0.1) is 0 Å². The molecule has 0 aliphatic rings. The standard InChI is InChI=1S/C12H23NO4/c1-9(2)8-10(12(16)17-3)13-11(15)6-4-5-7-14/h9-10,14H,4-8H2,1-3H3,(H,13,15). The maximum Gasteiger partial charge on any atom is 0.328 e. The number of methoxy groups -OCH3 is 1. The fourth-order valence-electron chi connectivity index (χ4n) is 1.49. The van der Waals surface area contributed by atoms with E-state index < -0.39 is 12.0 Å². The molecule has 0 fully saturated rings. The first-order valence-electron chi connectivity index (χ1n) is 5.99. The highest BCUT2D eigenvalue weighted by Crippen LogP contribution is 2.07. The number of carbonyl (C=O) groups excluding carboxylic acids is 2. The average molecular weight is 245 g/mol. The lowest BCUT2D eigenvalue weighted by atomic mass is 10.0. The van der Waals surface area contributed by atoms with Gasteiger partial charge >= 0.3 is 5.97 Å². The van der Waals surface area contributed by atoms with E-state index in [4.69, 9.17) is 5.11 Å². The van der Waals surface area contributed by atoms with Crippen LogP contribution in [-0.2, 0) is 14.3 Å². The van der Waals surface area contributed by atoms with Gasteiger partial charge in [0, 0.05) is 13.0 Å². The summed E-state index contributed by atoms with van der Waals surface area (Å²) in [6.45, 7) is 4.04. The Hall–Kier alpha value is -1.10. The zero-order valence-corrected chi connectivity index (χ0v) is 10.9. The van der Waals surface area contributed by atoms with Gasteiger partial charge in [0.2, 0.25) is 5.91 Å². The number of aliphatic hydroxyl groups is 1. The number of carbonyl (C=O) groups is 2. The van der Waals surface area contributed by atoms with E-state index in [0.717, 1.165) is 0 Å². The highest BCUT2D eigenvalue weighted by atomic mass is 16.5. The van der Waals surface area contributed by atoms with Crippen LogP contribution in [0.15, 0.2) is 0 Å². The second-order valence-corrected chi connectivity index (χ2v) is 4.45. The summed E-state index contributed by atoms with van der Waals surface area (Å²) >= 11 is 0. The van der Waals surface area contributed by atoms with E-state index in [1.807, 2.05) is 13.8 Å². The molecule has 0 bridgehead atoms. The van der Waals surface area contributed by atoms with Gasteiger partial charge in [-0.25, -0.2) is 4.79 Å². The molecule has 0 aliphatic heterocycles. The van der Waals surface area contributed by atoms with Crippen molar-refractivity contribution in [2.45, 2.75) is 45.6 Å². The molecule has 2 N–H and O–H groups in total. The van der Waals surface area contributed by atoms with Gasteiger partial charge in [0.1, 0.15) is 6.04 Å². The van der Waals surface area contributed by atoms with Crippen LogP contribution in [0.25, 0.3) is 0 Å². The molecule has 0 aromatic rings. The van der Waals surface area contributed by atoms with E-state index in [-0.39, 0.29) is 12.5 Å². The van der Waals surface area contributed by atoms with Crippen molar-refractivity contribution < 1.29 is 19.4 Å². The Kier molecular flexibility index (Phi) is 8.40. The molecule has 0 saturated carbocycles. The van der Waals surface area contributed by atoms with Crippen LogP contribution < -0.4 is 5.32 Å². The molecule has 0 radical (unpaired) electrons. The minimum atomic E-state index is -0.568. The zero-order valence-electron chi connectivity index (χ0n) is 10.9. The number of esters is 1. The van der Waals surface area contributed by atoms with Gasteiger partial charge in [0.25, 0.3) is 0 Å². The zero-order chi connectivity index (χ0) is 13.3. The molecule has 100 valence electrons. The Morgan fingerprint density at radius 2 is 1.94 bits per heavy atom. The van der Waals surface area contributed by atoms with Crippen LogP contribution in [0.3, 0.4) is 0 Å². The van der Waals surface area contributed by atoms with Crippen molar-refractivity contribution in [1.29, 1.82) is 0 Å². The number of hydrogen-bond acceptors (Lipinski definition) is 4. The summed E-state index contributed by atoms with van der Waals surface area (Å²) in [6.07, 6.45) is 2.11. The highest BCUT2D eigenvalue weighted by Gasteiger charge is 2.22. The predicted octanol–water partition coefficient (Wildman–Crippen LogP) is 0.853. The second-order valence-electron chi connectivity index (χ2n) is 4.45. The number of nitrogens with one attached hydrogen (secondary N) is 1. The summed E-state index contributed by atoms with van der Waals surface area (Å²) in [5.74, 6) is -0.277. The highest BCUT2D eigenvalue weighted by molar-refractivity contribution is 5.84. The van der Waals surface area contributed by atoms with Gasteiger partial charge in [-0.3, -0.25) is 4.79 Å². The number of rotatable bonds is 8. The molecule has 1 atom stereocenters. The largest absolute Gasteiger partial charge is 0.467 e. The van der Waals surface area contributed by atoms with E-state index in [1.54, 1.807) is 0 Å². The fraction of sp³-hybridized carbons (Fsp3) is 0.833. The van der Waals surface area contributed by atoms with Gasteiger partial charge in [0.05, 0.1) is 7.11 Å². The number of unbranched alkanes of at least 4 members (excludes halogenated alkanes) is 1. The molecule has 0 aromatic carbocycles. The van der Waals surface area contributed by atoms with Gasteiger partial charge < -0.3 is 15.2 Å². The van der Waals surface area contributed by atoms with Crippen LogP contribution in [0.4, 0.5) is 0 Å². The van der Waals surface area contributed by atoms with Crippen molar-refractivity contribution in [1.82, 2.24) is 5.32 Å². The van der Waals surface area contributed by atoms with Gasteiger partial charge in [0.15, 0.2) is 0 Å². The molecule has 0 aromatic heterocycles. The number of hydrogen-bond donors (Lipinski definition) is 2. The molecular weight excluding hydrogens is 222 g/mol. The minimum Gasteiger partial charge on any atom is -0.467 e. The summed E-state index contributed by atoms with van der Waals surface area (Å²) in [6, 6.07) is -0.568. The lowest BCUT2D eigenvalue weighted by Crippen LogP contribution is -2.42. The van der Waals surface area contributed by atoms with E-state index in [1.165, 1.54) is 7.11 Å². The van der Waals surface area contributed by atoms with Crippen molar-refractivity contribution >= 4 is 11.9 Å². The second kappa shape index (κ2) is 8.98. The quantitative estimate of drug-likeness (QED) is 0.491. The van der Waals surface area contributed by atoms with Crippen LogP contribution >= 0.6 is 0 Å². The summed E-state index contributed by atoms with van der Waals surface area (Å²) in [7, 11) is 1.31. The molecule has 1 amide bonds. The van der Waals surface area contributed by atoms with Crippen molar-refractivity contribution in [3.8, 4) is 0 Å². The summed E-state index contributed by atoms with van der Waals surface area (Å²) < 4.78 is 4.65. The first-order chi connectivity index (χ1) is 8.01. The van der Waals surface area contributed by atoms with Gasteiger partial charge in [-0.2, -0.15) is 0 Å². The Morgan fingerprint density at radius 3 is 2.41 bits per heavy atom.